The van der Waals surface area contributed by atoms with Crippen LogP contribution >= 0.6 is 11.6 Å². The first kappa shape index (κ1) is 12.2. The average Bonchev–Trinajstić information content (AvgIpc) is 2.40. The van der Waals surface area contributed by atoms with Crippen molar-refractivity contribution in [1.82, 2.24) is 0 Å². The molecule has 1 atom stereocenters. The summed E-state index contributed by atoms with van der Waals surface area (Å²) in [5.74, 6) is -10.0. The Hall–Kier alpha value is -1.23. The summed E-state index contributed by atoms with van der Waals surface area (Å²) >= 11 is 5.68. The highest BCUT2D eigenvalue weighted by atomic mass is 35.5. The molecule has 2 rings (SSSR count). The molecule has 1 aliphatic heterocycles. The standard InChI is InChI=1S/C11H7ClF4O/c1-6-10(13,14)11(15,16)9(17-6)7-4-2-3-5-8(7)12/h2-5,9H,1H2. The first-order chi connectivity index (χ1) is 7.78. The van der Waals surface area contributed by atoms with Crippen LogP contribution in [-0.2, 0) is 4.74 Å². The van der Waals surface area contributed by atoms with Crippen molar-refractivity contribution in [2.45, 2.75) is 17.9 Å². The van der Waals surface area contributed by atoms with Crippen LogP contribution < -0.4 is 0 Å². The van der Waals surface area contributed by atoms with Gasteiger partial charge in [-0.25, -0.2) is 0 Å². The molecule has 0 aliphatic carbocycles. The molecule has 1 aliphatic rings. The van der Waals surface area contributed by atoms with Crippen LogP contribution in [0.1, 0.15) is 11.7 Å². The summed E-state index contributed by atoms with van der Waals surface area (Å²) < 4.78 is 57.8. The van der Waals surface area contributed by atoms with Gasteiger partial charge < -0.3 is 4.74 Å². The molecule has 1 saturated heterocycles. The van der Waals surface area contributed by atoms with Crippen molar-refractivity contribution >= 4 is 11.6 Å². The number of alkyl halides is 4. The molecule has 17 heavy (non-hydrogen) atoms. The van der Waals surface area contributed by atoms with Gasteiger partial charge in [0.15, 0.2) is 11.9 Å². The Morgan fingerprint density at radius 3 is 2.24 bits per heavy atom. The Morgan fingerprint density at radius 1 is 1.18 bits per heavy atom. The molecule has 0 bridgehead atoms. The highest BCUT2D eigenvalue weighted by Crippen LogP contribution is 2.56. The third kappa shape index (κ3) is 1.60. The van der Waals surface area contributed by atoms with Crippen molar-refractivity contribution in [3.8, 4) is 0 Å². The fourth-order valence-electron chi connectivity index (χ4n) is 1.59. The van der Waals surface area contributed by atoms with E-state index in [9.17, 15) is 17.6 Å². The maximum atomic E-state index is 13.5. The number of rotatable bonds is 1. The highest BCUT2D eigenvalue weighted by Gasteiger charge is 2.71. The number of ether oxygens (including phenoxy) is 1. The van der Waals surface area contributed by atoms with E-state index in [2.05, 4.69) is 11.3 Å². The minimum atomic E-state index is -4.39. The third-order valence-corrected chi connectivity index (χ3v) is 2.89. The van der Waals surface area contributed by atoms with E-state index in [0.29, 0.717) is 0 Å². The van der Waals surface area contributed by atoms with E-state index in [0.717, 1.165) is 0 Å². The Kier molecular flexibility index (Phi) is 2.61. The van der Waals surface area contributed by atoms with E-state index in [1.807, 2.05) is 0 Å². The molecule has 0 aromatic heterocycles. The zero-order valence-electron chi connectivity index (χ0n) is 8.39. The van der Waals surface area contributed by atoms with Gasteiger partial charge in [-0.3, -0.25) is 0 Å². The van der Waals surface area contributed by atoms with Crippen LogP contribution in [0.2, 0.25) is 5.02 Å². The van der Waals surface area contributed by atoms with Crippen LogP contribution in [0.3, 0.4) is 0 Å². The molecule has 1 nitrogen and oxygen atoms in total. The van der Waals surface area contributed by atoms with Crippen LogP contribution in [0.15, 0.2) is 36.6 Å². The molecule has 92 valence electrons. The highest BCUT2D eigenvalue weighted by molar-refractivity contribution is 6.31. The van der Waals surface area contributed by atoms with E-state index < -0.39 is 23.7 Å². The summed E-state index contributed by atoms with van der Waals surface area (Å²) in [5.41, 5.74) is -0.183. The van der Waals surface area contributed by atoms with Gasteiger partial charge in [-0.2, -0.15) is 17.6 Å². The molecule has 1 fully saturated rings. The Balaban J connectivity index is 2.50. The van der Waals surface area contributed by atoms with Gasteiger partial charge in [-0.05, 0) is 6.07 Å². The largest absolute Gasteiger partial charge is 0.477 e. The summed E-state index contributed by atoms with van der Waals surface area (Å²) in [5, 5.41) is -0.0531. The maximum absolute atomic E-state index is 13.5. The molecule has 0 radical (unpaired) electrons. The topological polar surface area (TPSA) is 9.23 Å². The zero-order chi connectivity index (χ0) is 12.8. The van der Waals surface area contributed by atoms with Crippen LogP contribution in [0.5, 0.6) is 0 Å². The fraction of sp³-hybridized carbons (Fsp3) is 0.273. The van der Waals surface area contributed by atoms with Crippen LogP contribution in [0.25, 0.3) is 0 Å². The lowest BCUT2D eigenvalue weighted by molar-refractivity contribution is -0.183. The summed E-state index contributed by atoms with van der Waals surface area (Å²) in [7, 11) is 0. The molecule has 1 unspecified atom stereocenters. The Bertz CT molecular complexity index is 472. The second kappa shape index (κ2) is 3.63. The van der Waals surface area contributed by atoms with Gasteiger partial charge in [0.05, 0.1) is 0 Å². The average molecular weight is 267 g/mol. The summed E-state index contributed by atoms with van der Waals surface area (Å²) in [6.45, 7) is 2.81. The van der Waals surface area contributed by atoms with Gasteiger partial charge in [0.2, 0.25) is 0 Å². The summed E-state index contributed by atoms with van der Waals surface area (Å²) in [6, 6.07) is 5.47. The molecule has 0 amide bonds. The third-order valence-electron chi connectivity index (χ3n) is 2.55. The second-order valence-electron chi connectivity index (χ2n) is 3.64. The first-order valence-electron chi connectivity index (χ1n) is 4.64. The van der Waals surface area contributed by atoms with Gasteiger partial charge in [0, 0.05) is 10.6 Å². The number of hydrogen-bond acceptors (Lipinski definition) is 1. The molecule has 6 heteroatoms. The second-order valence-corrected chi connectivity index (χ2v) is 4.05. The predicted octanol–water partition coefficient (Wildman–Crippen LogP) is 4.20. The van der Waals surface area contributed by atoms with Crippen molar-refractivity contribution < 1.29 is 22.3 Å². The molecular formula is C11H7ClF4O. The van der Waals surface area contributed by atoms with Crippen molar-refractivity contribution in [3.05, 3.63) is 47.2 Å². The van der Waals surface area contributed by atoms with Gasteiger partial charge in [-0.1, -0.05) is 36.4 Å². The Morgan fingerprint density at radius 2 is 1.76 bits per heavy atom. The van der Waals surface area contributed by atoms with Gasteiger partial charge in [0.1, 0.15) is 0 Å². The van der Waals surface area contributed by atoms with Crippen LogP contribution in [0, 0.1) is 0 Å². The number of halogens is 5. The molecule has 0 spiro atoms. The summed E-state index contributed by atoms with van der Waals surface area (Å²) in [6.07, 6.45) is -2.11. The molecule has 0 saturated carbocycles. The number of allylic oxidation sites excluding steroid dienone is 1. The van der Waals surface area contributed by atoms with E-state index in [4.69, 9.17) is 11.6 Å². The lowest BCUT2D eigenvalue weighted by Crippen LogP contribution is -2.39. The molecule has 1 aromatic carbocycles. The molecule has 1 aromatic rings. The van der Waals surface area contributed by atoms with E-state index >= 15 is 0 Å². The van der Waals surface area contributed by atoms with E-state index in [1.54, 1.807) is 0 Å². The minimum Gasteiger partial charge on any atom is -0.477 e. The molecule has 0 N–H and O–H groups in total. The number of hydrogen-bond donors (Lipinski definition) is 0. The van der Waals surface area contributed by atoms with E-state index in [-0.39, 0.29) is 10.6 Å². The fourth-order valence-corrected chi connectivity index (χ4v) is 1.82. The van der Waals surface area contributed by atoms with Crippen LogP contribution in [0.4, 0.5) is 17.6 Å². The van der Waals surface area contributed by atoms with Crippen molar-refractivity contribution in [2.75, 3.05) is 0 Å². The Labute approximate surface area is 99.6 Å². The van der Waals surface area contributed by atoms with Gasteiger partial charge >= 0.3 is 11.8 Å². The SMILES string of the molecule is C=C1OC(c2ccccc2Cl)C(F)(F)C1(F)F. The first-order valence-corrected chi connectivity index (χ1v) is 5.02. The maximum Gasteiger partial charge on any atom is 0.369 e. The quantitative estimate of drug-likeness (QED) is 0.693. The summed E-state index contributed by atoms with van der Waals surface area (Å²) in [4.78, 5) is 0. The zero-order valence-corrected chi connectivity index (χ0v) is 9.15. The predicted molar refractivity (Wildman–Crippen MR) is 54.3 cm³/mol. The van der Waals surface area contributed by atoms with Gasteiger partial charge in [0.25, 0.3) is 0 Å². The number of benzene rings is 1. The van der Waals surface area contributed by atoms with Gasteiger partial charge in [-0.15, -0.1) is 0 Å². The molecular weight excluding hydrogens is 260 g/mol. The van der Waals surface area contributed by atoms with Crippen molar-refractivity contribution in [3.63, 3.8) is 0 Å². The van der Waals surface area contributed by atoms with Crippen LogP contribution in [-0.4, -0.2) is 11.8 Å². The van der Waals surface area contributed by atoms with E-state index in [1.165, 1.54) is 24.3 Å². The lowest BCUT2D eigenvalue weighted by Gasteiger charge is -2.21. The monoisotopic (exact) mass is 266 g/mol. The minimum absolute atomic E-state index is 0.0531. The smallest absolute Gasteiger partial charge is 0.369 e. The molecule has 1 heterocycles. The normalized spacial score (nSPS) is 25.7. The van der Waals surface area contributed by atoms with Crippen molar-refractivity contribution in [1.29, 1.82) is 0 Å². The van der Waals surface area contributed by atoms with Crippen molar-refractivity contribution in [2.24, 2.45) is 0 Å². The lowest BCUT2D eigenvalue weighted by atomic mass is 10.0.